The molecule has 1 fully saturated rings. The van der Waals surface area contributed by atoms with E-state index >= 15 is 0 Å². The summed E-state index contributed by atoms with van der Waals surface area (Å²) in [5.74, 6) is -0.857. The smallest absolute Gasteiger partial charge is 0.328 e. The van der Waals surface area contributed by atoms with Crippen molar-refractivity contribution in [1.29, 1.82) is 0 Å². The second kappa shape index (κ2) is 9.12. The zero-order valence-corrected chi connectivity index (χ0v) is 21.4. The van der Waals surface area contributed by atoms with Gasteiger partial charge in [0, 0.05) is 23.5 Å². The first-order valence-corrected chi connectivity index (χ1v) is 12.8. The molecule has 3 heterocycles. The number of nitrogens with one attached hydrogen (secondary N) is 2. The molecule has 3 atom stereocenters. The van der Waals surface area contributed by atoms with E-state index in [0.717, 1.165) is 35.0 Å². The van der Waals surface area contributed by atoms with Crippen LogP contribution < -0.4 is 5.32 Å². The van der Waals surface area contributed by atoms with Gasteiger partial charge in [0.2, 0.25) is 5.91 Å². The Morgan fingerprint density at radius 1 is 1.06 bits per heavy atom. The highest BCUT2D eigenvalue weighted by Gasteiger charge is 2.61. The molecule has 2 N–H and O–H groups in total. The third-order valence-electron chi connectivity index (χ3n) is 7.77. The van der Waals surface area contributed by atoms with Gasteiger partial charge in [-0.25, -0.2) is 9.69 Å². The number of aryl methyl sites for hydroxylation is 1. The van der Waals surface area contributed by atoms with E-state index in [-0.39, 0.29) is 23.8 Å². The van der Waals surface area contributed by atoms with Gasteiger partial charge >= 0.3 is 6.03 Å². The number of imide groups is 1. The minimum atomic E-state index is -1.16. The Balaban J connectivity index is 1.40. The topological polar surface area (TPSA) is 85.5 Å². The number of amides is 4. The molecule has 3 aromatic rings. The summed E-state index contributed by atoms with van der Waals surface area (Å²) >= 11 is 0. The number of urea groups is 1. The molecule has 2 aromatic carbocycles. The average molecular weight is 487 g/mol. The van der Waals surface area contributed by atoms with Crippen LogP contribution in [0.25, 0.3) is 10.9 Å². The predicted molar refractivity (Wildman–Crippen MR) is 139 cm³/mol. The van der Waals surface area contributed by atoms with Gasteiger partial charge in [0.25, 0.3) is 5.91 Å². The maximum absolute atomic E-state index is 14.0. The van der Waals surface area contributed by atoms with Crippen molar-refractivity contribution >= 4 is 28.7 Å². The molecular weight excluding hydrogens is 452 g/mol. The third kappa shape index (κ3) is 3.77. The van der Waals surface area contributed by atoms with E-state index in [4.69, 9.17) is 0 Å². The van der Waals surface area contributed by atoms with Crippen molar-refractivity contribution in [1.82, 2.24) is 20.1 Å². The van der Waals surface area contributed by atoms with Gasteiger partial charge in [0.15, 0.2) is 5.54 Å². The number of H-pyrrole nitrogens is 1. The number of hydrogen-bond acceptors (Lipinski definition) is 3. The number of rotatable bonds is 7. The van der Waals surface area contributed by atoms with E-state index in [1.54, 1.807) is 11.8 Å². The maximum atomic E-state index is 14.0. The molecule has 2 aliphatic heterocycles. The molecule has 0 radical (unpaired) electrons. The van der Waals surface area contributed by atoms with Crippen LogP contribution in [0.4, 0.5) is 4.79 Å². The van der Waals surface area contributed by atoms with Gasteiger partial charge in [0.05, 0.1) is 5.69 Å². The van der Waals surface area contributed by atoms with E-state index in [1.807, 2.05) is 63.2 Å². The first kappa shape index (κ1) is 24.1. The lowest BCUT2D eigenvalue weighted by Gasteiger charge is -2.36. The molecule has 1 saturated heterocycles. The van der Waals surface area contributed by atoms with Crippen LogP contribution in [0.15, 0.2) is 54.6 Å². The SMILES string of the molecule is CC(CCc1ccccc1)NC(=O)C(C(C)C)N1C(=O)N2CCc3c([nH]c4ccccc34)C2(C)C1=O. The summed E-state index contributed by atoms with van der Waals surface area (Å²) in [6.45, 7) is 7.97. The van der Waals surface area contributed by atoms with Crippen LogP contribution in [0.2, 0.25) is 0 Å². The minimum absolute atomic E-state index is 0.0924. The highest BCUT2D eigenvalue weighted by molar-refractivity contribution is 6.11. The Hall–Kier alpha value is -3.61. The molecule has 2 aliphatic rings. The number of nitrogens with zero attached hydrogens (tertiary/aromatic N) is 2. The number of benzene rings is 2. The van der Waals surface area contributed by atoms with Crippen LogP contribution in [0, 0.1) is 5.92 Å². The van der Waals surface area contributed by atoms with Crippen molar-refractivity contribution in [3.8, 4) is 0 Å². The number of carbonyl (C=O) groups excluding carboxylic acids is 3. The maximum Gasteiger partial charge on any atom is 0.328 e. The van der Waals surface area contributed by atoms with Gasteiger partial charge in [-0.15, -0.1) is 0 Å². The average Bonchev–Trinajstić information content (AvgIpc) is 3.33. The van der Waals surface area contributed by atoms with E-state index < -0.39 is 17.6 Å². The molecule has 0 bridgehead atoms. The molecule has 7 heteroatoms. The molecule has 5 rings (SSSR count). The standard InChI is InChI=1S/C29H34N4O3/c1-18(2)24(26(34)30-19(3)14-15-20-10-6-5-7-11-20)33-27(35)29(4)25-22(16-17-32(29)28(33)36)21-12-8-9-13-23(21)31-25/h5-13,18-19,24,31H,14-17H2,1-4H3,(H,30,34). The second-order valence-electron chi connectivity index (χ2n) is 10.6. The monoisotopic (exact) mass is 486 g/mol. The summed E-state index contributed by atoms with van der Waals surface area (Å²) in [6, 6.07) is 16.8. The lowest BCUT2D eigenvalue weighted by Crippen LogP contribution is -2.54. The van der Waals surface area contributed by atoms with Gasteiger partial charge in [-0.05, 0) is 56.2 Å². The lowest BCUT2D eigenvalue weighted by atomic mass is 9.86. The number of aromatic amines is 1. The van der Waals surface area contributed by atoms with Crippen molar-refractivity contribution in [2.24, 2.45) is 5.92 Å². The van der Waals surface area contributed by atoms with Gasteiger partial charge in [-0.3, -0.25) is 9.59 Å². The van der Waals surface area contributed by atoms with Crippen LogP contribution in [0.5, 0.6) is 0 Å². The molecular formula is C29H34N4O3. The summed E-state index contributed by atoms with van der Waals surface area (Å²) in [5.41, 5.74) is 2.84. The van der Waals surface area contributed by atoms with E-state index in [2.05, 4.69) is 22.4 Å². The van der Waals surface area contributed by atoms with Crippen molar-refractivity contribution in [3.63, 3.8) is 0 Å². The highest BCUT2D eigenvalue weighted by Crippen LogP contribution is 2.45. The van der Waals surface area contributed by atoms with Crippen LogP contribution >= 0.6 is 0 Å². The fraction of sp³-hybridized carbons (Fsp3) is 0.414. The largest absolute Gasteiger partial charge is 0.356 e. The summed E-state index contributed by atoms with van der Waals surface area (Å²) in [6.07, 6.45) is 2.27. The third-order valence-corrected chi connectivity index (χ3v) is 7.77. The van der Waals surface area contributed by atoms with Crippen molar-refractivity contribution in [2.75, 3.05) is 6.54 Å². The van der Waals surface area contributed by atoms with Crippen LogP contribution in [0.3, 0.4) is 0 Å². The zero-order chi connectivity index (χ0) is 25.6. The molecule has 7 nitrogen and oxygen atoms in total. The summed E-state index contributed by atoms with van der Waals surface area (Å²) in [5, 5.41) is 4.15. The molecule has 1 aromatic heterocycles. The van der Waals surface area contributed by atoms with Crippen LogP contribution in [0.1, 0.15) is 50.9 Å². The summed E-state index contributed by atoms with van der Waals surface area (Å²) in [7, 11) is 0. The Labute approximate surface area is 211 Å². The van der Waals surface area contributed by atoms with E-state index in [0.29, 0.717) is 13.0 Å². The van der Waals surface area contributed by atoms with E-state index in [9.17, 15) is 14.4 Å². The van der Waals surface area contributed by atoms with Crippen LogP contribution in [-0.2, 0) is 28.0 Å². The first-order chi connectivity index (χ1) is 17.2. The van der Waals surface area contributed by atoms with Gasteiger partial charge < -0.3 is 15.2 Å². The van der Waals surface area contributed by atoms with E-state index in [1.165, 1.54) is 10.5 Å². The fourth-order valence-corrected chi connectivity index (χ4v) is 5.81. The number of aromatic nitrogens is 1. The zero-order valence-electron chi connectivity index (χ0n) is 21.4. The summed E-state index contributed by atoms with van der Waals surface area (Å²) in [4.78, 5) is 47.4. The first-order valence-electron chi connectivity index (χ1n) is 12.8. The number of fused-ring (bicyclic) bond motifs is 5. The highest BCUT2D eigenvalue weighted by atomic mass is 16.2. The fourth-order valence-electron chi connectivity index (χ4n) is 5.81. The summed E-state index contributed by atoms with van der Waals surface area (Å²) < 4.78 is 0. The number of para-hydroxylation sites is 1. The second-order valence-corrected chi connectivity index (χ2v) is 10.6. The quantitative estimate of drug-likeness (QED) is 0.487. The van der Waals surface area contributed by atoms with Crippen molar-refractivity contribution < 1.29 is 14.4 Å². The Bertz CT molecular complexity index is 1310. The Kier molecular flexibility index (Phi) is 6.10. The molecule has 0 spiro atoms. The normalized spacial score (nSPS) is 21.0. The molecule has 188 valence electrons. The number of hydrogen-bond donors (Lipinski definition) is 2. The lowest BCUT2D eigenvalue weighted by molar-refractivity contribution is -0.141. The van der Waals surface area contributed by atoms with Gasteiger partial charge in [-0.1, -0.05) is 62.4 Å². The van der Waals surface area contributed by atoms with Gasteiger partial charge in [-0.2, -0.15) is 0 Å². The molecule has 0 saturated carbocycles. The Morgan fingerprint density at radius 3 is 2.47 bits per heavy atom. The predicted octanol–water partition coefficient (Wildman–Crippen LogP) is 4.37. The molecule has 4 amide bonds. The van der Waals surface area contributed by atoms with Crippen molar-refractivity contribution in [2.45, 2.75) is 64.6 Å². The molecule has 0 aliphatic carbocycles. The van der Waals surface area contributed by atoms with Crippen LogP contribution in [-0.4, -0.2) is 51.3 Å². The molecule has 3 unspecified atom stereocenters. The van der Waals surface area contributed by atoms with Gasteiger partial charge in [0.1, 0.15) is 6.04 Å². The minimum Gasteiger partial charge on any atom is -0.356 e. The molecule has 36 heavy (non-hydrogen) atoms. The Morgan fingerprint density at radius 2 is 1.75 bits per heavy atom. The van der Waals surface area contributed by atoms with Crippen molar-refractivity contribution in [3.05, 3.63) is 71.4 Å². The number of carbonyl (C=O) groups is 3.